The second-order valence-corrected chi connectivity index (χ2v) is 4.61. The number of aliphatic carboxylic acids is 1. The molecule has 0 bridgehead atoms. The molecule has 96 valence electrons. The molecule has 0 saturated carbocycles. The quantitative estimate of drug-likeness (QED) is 0.869. The summed E-state index contributed by atoms with van der Waals surface area (Å²) in [4.78, 5) is 27.2. The first-order chi connectivity index (χ1) is 8.50. The highest BCUT2D eigenvalue weighted by molar-refractivity contribution is 7.99. The molecule has 1 aliphatic rings. The lowest BCUT2D eigenvalue weighted by atomic mass is 10.2. The zero-order chi connectivity index (χ0) is 13.3. The SMILES string of the molecule is O=C(O)[C@H]1CSCN1C(=O)c1ncc(F)cc1F. The maximum atomic E-state index is 13.4. The van der Waals surface area contributed by atoms with Crippen LogP contribution < -0.4 is 0 Å². The molecule has 0 radical (unpaired) electrons. The Morgan fingerprint density at radius 2 is 2.22 bits per heavy atom. The van der Waals surface area contributed by atoms with Gasteiger partial charge in [-0.05, 0) is 0 Å². The van der Waals surface area contributed by atoms with Gasteiger partial charge in [0, 0.05) is 11.8 Å². The number of rotatable bonds is 2. The monoisotopic (exact) mass is 274 g/mol. The maximum absolute atomic E-state index is 13.4. The van der Waals surface area contributed by atoms with Crippen molar-refractivity contribution in [1.29, 1.82) is 0 Å². The van der Waals surface area contributed by atoms with Gasteiger partial charge in [0.2, 0.25) is 0 Å². The van der Waals surface area contributed by atoms with Crippen LogP contribution in [0, 0.1) is 11.6 Å². The Labute approximate surface area is 105 Å². The number of amides is 1. The van der Waals surface area contributed by atoms with Crippen molar-refractivity contribution in [3.05, 3.63) is 29.6 Å². The van der Waals surface area contributed by atoms with Gasteiger partial charge in [-0.1, -0.05) is 0 Å². The molecule has 2 heterocycles. The summed E-state index contributed by atoms with van der Waals surface area (Å²) in [6, 6.07) is -0.465. The van der Waals surface area contributed by atoms with Gasteiger partial charge in [0.25, 0.3) is 5.91 Å². The summed E-state index contributed by atoms with van der Waals surface area (Å²) >= 11 is 1.25. The van der Waals surface area contributed by atoms with E-state index in [-0.39, 0.29) is 11.6 Å². The molecule has 1 aliphatic heterocycles. The minimum Gasteiger partial charge on any atom is -0.480 e. The van der Waals surface area contributed by atoms with E-state index in [1.54, 1.807) is 0 Å². The van der Waals surface area contributed by atoms with Gasteiger partial charge in [-0.15, -0.1) is 11.8 Å². The lowest BCUT2D eigenvalue weighted by Crippen LogP contribution is -2.42. The Kier molecular flexibility index (Phi) is 3.46. The van der Waals surface area contributed by atoms with Gasteiger partial charge in [0.15, 0.2) is 11.5 Å². The van der Waals surface area contributed by atoms with Crippen LogP contribution in [0.2, 0.25) is 0 Å². The van der Waals surface area contributed by atoms with Gasteiger partial charge in [0.05, 0.1) is 12.1 Å². The maximum Gasteiger partial charge on any atom is 0.327 e. The molecule has 1 saturated heterocycles. The molecule has 0 aliphatic carbocycles. The number of pyridine rings is 1. The molecule has 2 rings (SSSR count). The fourth-order valence-corrected chi connectivity index (χ4v) is 2.70. The number of thioether (sulfide) groups is 1. The topological polar surface area (TPSA) is 70.5 Å². The Balaban J connectivity index is 2.28. The Morgan fingerprint density at radius 1 is 1.50 bits per heavy atom. The van der Waals surface area contributed by atoms with Crippen molar-refractivity contribution in [2.45, 2.75) is 6.04 Å². The molecule has 18 heavy (non-hydrogen) atoms. The van der Waals surface area contributed by atoms with Crippen LogP contribution in [-0.4, -0.2) is 44.5 Å². The zero-order valence-corrected chi connectivity index (χ0v) is 9.79. The lowest BCUT2D eigenvalue weighted by Gasteiger charge is -2.19. The normalized spacial score (nSPS) is 19.0. The largest absolute Gasteiger partial charge is 0.480 e. The number of carbonyl (C=O) groups excluding carboxylic acids is 1. The molecule has 8 heteroatoms. The summed E-state index contributed by atoms with van der Waals surface area (Å²) < 4.78 is 26.0. The third kappa shape index (κ3) is 2.28. The van der Waals surface area contributed by atoms with Crippen LogP contribution in [-0.2, 0) is 4.79 Å². The van der Waals surface area contributed by atoms with Gasteiger partial charge < -0.3 is 10.0 Å². The number of hydrogen-bond acceptors (Lipinski definition) is 4. The van der Waals surface area contributed by atoms with Crippen LogP contribution in [0.4, 0.5) is 8.78 Å². The van der Waals surface area contributed by atoms with Crippen molar-refractivity contribution in [2.24, 2.45) is 0 Å². The fraction of sp³-hybridized carbons (Fsp3) is 0.300. The minimum absolute atomic E-state index is 0.147. The van der Waals surface area contributed by atoms with E-state index in [1.165, 1.54) is 11.8 Å². The van der Waals surface area contributed by atoms with Crippen LogP contribution in [0.25, 0.3) is 0 Å². The van der Waals surface area contributed by atoms with Crippen LogP contribution >= 0.6 is 11.8 Å². The second-order valence-electron chi connectivity index (χ2n) is 3.61. The fourth-order valence-electron chi connectivity index (χ4n) is 1.56. The minimum atomic E-state index is -1.16. The average molecular weight is 274 g/mol. The molecule has 5 nitrogen and oxygen atoms in total. The van der Waals surface area contributed by atoms with Crippen molar-refractivity contribution in [2.75, 3.05) is 11.6 Å². The van der Waals surface area contributed by atoms with Gasteiger partial charge in [-0.25, -0.2) is 18.6 Å². The van der Waals surface area contributed by atoms with E-state index in [0.29, 0.717) is 6.07 Å². The first-order valence-electron chi connectivity index (χ1n) is 4.93. The molecule has 1 fully saturated rings. The molecule has 0 unspecified atom stereocenters. The number of hydrogen-bond donors (Lipinski definition) is 1. The molecule has 0 spiro atoms. The highest BCUT2D eigenvalue weighted by Crippen LogP contribution is 2.23. The number of carboxylic acids is 1. The predicted octanol–water partition coefficient (Wildman–Crippen LogP) is 0.959. The molecule has 1 atom stereocenters. The van der Waals surface area contributed by atoms with Crippen molar-refractivity contribution >= 4 is 23.6 Å². The Morgan fingerprint density at radius 3 is 2.83 bits per heavy atom. The third-order valence-corrected chi connectivity index (χ3v) is 3.45. The van der Waals surface area contributed by atoms with Crippen LogP contribution in [0.3, 0.4) is 0 Å². The van der Waals surface area contributed by atoms with Gasteiger partial charge in [0.1, 0.15) is 11.9 Å². The van der Waals surface area contributed by atoms with Crippen molar-refractivity contribution in [3.63, 3.8) is 0 Å². The average Bonchev–Trinajstić information content (AvgIpc) is 2.77. The highest BCUT2D eigenvalue weighted by atomic mass is 32.2. The molecular formula is C10H8F2N2O3S. The van der Waals surface area contributed by atoms with Gasteiger partial charge >= 0.3 is 5.97 Å². The molecule has 1 aromatic rings. The molecule has 1 N–H and O–H groups in total. The number of aromatic nitrogens is 1. The van der Waals surface area contributed by atoms with Crippen LogP contribution in [0.1, 0.15) is 10.5 Å². The summed E-state index contributed by atoms with van der Waals surface area (Å²) in [7, 11) is 0. The molecular weight excluding hydrogens is 266 g/mol. The Bertz CT molecular complexity index is 512. The number of halogens is 2. The van der Waals surface area contributed by atoms with E-state index < -0.39 is 35.2 Å². The summed E-state index contributed by atoms with van der Waals surface area (Å²) in [6.07, 6.45) is 0.718. The Hall–Kier alpha value is -1.70. The van der Waals surface area contributed by atoms with E-state index in [2.05, 4.69) is 4.98 Å². The van der Waals surface area contributed by atoms with Crippen molar-refractivity contribution in [1.82, 2.24) is 9.88 Å². The smallest absolute Gasteiger partial charge is 0.327 e. The highest BCUT2D eigenvalue weighted by Gasteiger charge is 2.36. The molecule has 1 aromatic heterocycles. The standard InChI is InChI=1S/C10H8F2N2O3S/c11-5-1-6(12)8(13-2-5)9(15)14-4-18-3-7(14)10(16)17/h1-2,7H,3-4H2,(H,16,17)/t7-/m1/s1. The molecule has 1 amide bonds. The number of carboxylic acid groups (broad SMARTS) is 1. The number of carbonyl (C=O) groups is 2. The van der Waals surface area contributed by atoms with Crippen molar-refractivity contribution < 1.29 is 23.5 Å². The second kappa shape index (κ2) is 4.89. The van der Waals surface area contributed by atoms with E-state index >= 15 is 0 Å². The van der Waals surface area contributed by atoms with Gasteiger partial charge in [-0.3, -0.25) is 4.79 Å². The predicted molar refractivity (Wildman–Crippen MR) is 59.1 cm³/mol. The summed E-state index contributed by atoms with van der Waals surface area (Å²) in [5, 5.41) is 8.91. The third-order valence-electron chi connectivity index (χ3n) is 2.44. The zero-order valence-electron chi connectivity index (χ0n) is 8.97. The molecule has 0 aromatic carbocycles. The van der Waals surface area contributed by atoms with E-state index in [0.717, 1.165) is 11.1 Å². The first-order valence-corrected chi connectivity index (χ1v) is 6.08. The van der Waals surface area contributed by atoms with E-state index in [1.807, 2.05) is 0 Å². The van der Waals surface area contributed by atoms with Gasteiger partial charge in [-0.2, -0.15) is 0 Å². The van der Waals surface area contributed by atoms with E-state index in [4.69, 9.17) is 5.11 Å². The van der Waals surface area contributed by atoms with E-state index in [9.17, 15) is 18.4 Å². The first kappa shape index (κ1) is 12.7. The van der Waals surface area contributed by atoms with Crippen LogP contribution in [0.5, 0.6) is 0 Å². The number of nitrogens with zero attached hydrogens (tertiary/aromatic N) is 2. The summed E-state index contributed by atoms with van der Waals surface area (Å²) in [5.41, 5.74) is -0.565. The van der Waals surface area contributed by atoms with Crippen molar-refractivity contribution in [3.8, 4) is 0 Å². The summed E-state index contributed by atoms with van der Waals surface area (Å²) in [5.74, 6) is -3.60. The summed E-state index contributed by atoms with van der Waals surface area (Å²) in [6.45, 7) is 0. The van der Waals surface area contributed by atoms with Crippen LogP contribution in [0.15, 0.2) is 12.3 Å². The lowest BCUT2D eigenvalue weighted by molar-refractivity contribution is -0.140.